The molecule has 0 radical (unpaired) electrons. The van der Waals surface area contributed by atoms with Crippen molar-refractivity contribution in [3.63, 3.8) is 0 Å². The highest BCUT2D eigenvalue weighted by molar-refractivity contribution is 7.90. The lowest BCUT2D eigenvalue weighted by Gasteiger charge is -2.16. The summed E-state index contributed by atoms with van der Waals surface area (Å²) in [7, 11) is -9.05. The summed E-state index contributed by atoms with van der Waals surface area (Å²) in [6, 6.07) is 28.4. The number of hydrogen-bond donors (Lipinski definition) is 8. The molecule has 0 bridgehead atoms. The normalized spacial score (nSPS) is 11.0. The number of benzene rings is 5. The van der Waals surface area contributed by atoms with Crippen LogP contribution < -0.4 is 41.3 Å². The first-order valence-corrected chi connectivity index (χ1v) is 18.5. The Hall–Kier alpha value is -6.92. The third-order valence-corrected chi connectivity index (χ3v) is 9.98. The van der Waals surface area contributed by atoms with Gasteiger partial charge < -0.3 is 31.9 Å². The number of nitrogens with one attached hydrogen (secondary N) is 8. The highest BCUT2D eigenvalue weighted by atomic mass is 32.2. The number of para-hydroxylation sites is 4. The quantitative estimate of drug-likeness (QED) is 0.0803. The molecule has 5 aromatic carbocycles. The van der Waals surface area contributed by atoms with Crippen LogP contribution in [0.1, 0.15) is 5.56 Å². The van der Waals surface area contributed by atoms with Crippen molar-refractivity contribution >= 4 is 78.3 Å². The van der Waals surface area contributed by atoms with E-state index in [9.17, 15) is 36.0 Å². The van der Waals surface area contributed by atoms with E-state index < -0.39 is 54.0 Å². The first-order chi connectivity index (χ1) is 25.3. The van der Waals surface area contributed by atoms with Gasteiger partial charge in [-0.25, -0.2) is 45.5 Å². The Bertz CT molecular complexity index is 2210. The van der Waals surface area contributed by atoms with E-state index in [1.165, 1.54) is 73.7 Å². The summed E-state index contributed by atoms with van der Waals surface area (Å²) in [5, 5.41) is 14.9. The number of amides is 8. The van der Waals surface area contributed by atoms with E-state index in [1.807, 2.05) is 9.44 Å². The molecule has 0 saturated heterocycles. The van der Waals surface area contributed by atoms with Crippen molar-refractivity contribution in [3.05, 3.63) is 133 Å². The zero-order valence-electron chi connectivity index (χ0n) is 27.7. The zero-order chi connectivity index (χ0) is 38.0. The van der Waals surface area contributed by atoms with Crippen LogP contribution in [0.3, 0.4) is 0 Å². The maximum Gasteiger partial charge on any atom is 0.333 e. The molecule has 0 aliphatic carbocycles. The fraction of sp³-hybridized carbons (Fsp3) is 0.0286. The van der Waals surface area contributed by atoms with Crippen molar-refractivity contribution in [3.8, 4) is 0 Å². The van der Waals surface area contributed by atoms with E-state index in [2.05, 4.69) is 31.9 Å². The van der Waals surface area contributed by atoms with Crippen LogP contribution >= 0.6 is 0 Å². The summed E-state index contributed by atoms with van der Waals surface area (Å²) < 4.78 is 56.6. The number of carbonyl (C=O) groups excluding carboxylic acids is 4. The molecule has 0 atom stereocenters. The average molecular weight is 757 g/mol. The second-order valence-corrected chi connectivity index (χ2v) is 14.3. The highest BCUT2D eigenvalue weighted by Gasteiger charge is 2.24. The number of carbonyl (C=O) groups is 4. The molecule has 5 rings (SSSR count). The van der Waals surface area contributed by atoms with E-state index in [-0.39, 0.29) is 28.3 Å². The number of hydrogen-bond acceptors (Lipinski definition) is 8. The minimum atomic E-state index is -4.53. The lowest BCUT2D eigenvalue weighted by molar-refractivity contribution is 0.255. The Morgan fingerprint density at radius 2 is 0.698 bits per heavy atom. The van der Waals surface area contributed by atoms with Crippen molar-refractivity contribution in [2.45, 2.75) is 16.7 Å². The lowest BCUT2D eigenvalue weighted by atomic mass is 10.1. The van der Waals surface area contributed by atoms with Gasteiger partial charge in [-0.3, -0.25) is 0 Å². The molecule has 18 heteroatoms. The fourth-order valence-electron chi connectivity index (χ4n) is 4.78. The Morgan fingerprint density at radius 1 is 0.377 bits per heavy atom. The van der Waals surface area contributed by atoms with Crippen LogP contribution in [0.5, 0.6) is 0 Å². The number of anilines is 6. The van der Waals surface area contributed by atoms with Crippen molar-refractivity contribution in [2.75, 3.05) is 31.9 Å². The molecule has 0 aliphatic rings. The number of rotatable bonds is 10. The smallest absolute Gasteiger partial charge is 0.308 e. The third-order valence-electron chi connectivity index (χ3n) is 7.20. The van der Waals surface area contributed by atoms with Crippen molar-refractivity contribution in [1.82, 2.24) is 9.44 Å². The van der Waals surface area contributed by atoms with Crippen LogP contribution in [0.15, 0.2) is 137 Å². The predicted octanol–water partition coefficient (Wildman–Crippen LogP) is 6.30. The monoisotopic (exact) mass is 756 g/mol. The molecule has 8 N–H and O–H groups in total. The molecule has 0 fully saturated rings. The van der Waals surface area contributed by atoms with Gasteiger partial charge in [-0.2, -0.15) is 0 Å². The Kier molecular flexibility index (Phi) is 11.6. The largest absolute Gasteiger partial charge is 0.333 e. The summed E-state index contributed by atoms with van der Waals surface area (Å²) in [4.78, 5) is 50.1. The van der Waals surface area contributed by atoms with Crippen LogP contribution in [0, 0.1) is 6.92 Å². The van der Waals surface area contributed by atoms with Gasteiger partial charge in [0.1, 0.15) is 9.79 Å². The first-order valence-electron chi connectivity index (χ1n) is 15.5. The SMILES string of the molecule is Cc1c(NC(=O)NS(=O)(=O)c2ccccc2NC(=O)Nc2ccccc2)cccc1NC(=O)NS(=O)(=O)c1ccccc1NC(=O)Nc1ccccc1. The van der Waals surface area contributed by atoms with Gasteiger partial charge in [0.2, 0.25) is 0 Å². The summed E-state index contributed by atoms with van der Waals surface area (Å²) in [5.41, 5.74) is 1.13. The molecular weight excluding hydrogens is 725 g/mol. The van der Waals surface area contributed by atoms with Crippen LogP contribution in [-0.2, 0) is 20.0 Å². The minimum Gasteiger partial charge on any atom is -0.308 e. The van der Waals surface area contributed by atoms with Gasteiger partial charge in [0.15, 0.2) is 0 Å². The van der Waals surface area contributed by atoms with Crippen LogP contribution in [0.2, 0.25) is 0 Å². The van der Waals surface area contributed by atoms with Crippen molar-refractivity contribution in [2.24, 2.45) is 0 Å². The Morgan fingerprint density at radius 3 is 1.09 bits per heavy atom. The molecular formula is C35H32N8O8S2. The predicted molar refractivity (Wildman–Crippen MR) is 201 cm³/mol. The second-order valence-electron chi connectivity index (χ2n) is 11.0. The Balaban J connectivity index is 1.22. The number of sulfonamides is 2. The molecule has 0 unspecified atom stereocenters. The summed E-state index contributed by atoms with van der Waals surface area (Å²) >= 11 is 0. The molecule has 5 aromatic rings. The molecule has 0 aromatic heterocycles. The molecule has 0 saturated carbocycles. The first kappa shape index (κ1) is 37.3. The maximum absolute atomic E-state index is 13.2. The molecule has 0 spiro atoms. The van der Waals surface area contributed by atoms with E-state index in [4.69, 9.17) is 0 Å². The van der Waals surface area contributed by atoms with Gasteiger partial charge in [-0.15, -0.1) is 0 Å². The Labute approximate surface area is 304 Å². The summed E-state index contributed by atoms with van der Waals surface area (Å²) in [6.07, 6.45) is 0. The summed E-state index contributed by atoms with van der Waals surface area (Å²) in [6.45, 7) is 1.49. The van der Waals surface area contributed by atoms with E-state index in [0.717, 1.165) is 0 Å². The minimum absolute atomic E-state index is 0.0750. The van der Waals surface area contributed by atoms with E-state index >= 15 is 0 Å². The van der Waals surface area contributed by atoms with Gasteiger partial charge in [0.05, 0.1) is 11.4 Å². The van der Waals surface area contributed by atoms with Gasteiger partial charge in [0, 0.05) is 22.7 Å². The standard InChI is InChI=1S/C35H32N8O8S2/c1-23-26(38-34(46)42-52(48,49)30-21-10-8-17-28(30)40-32(44)36-24-13-4-2-5-14-24)19-12-20-27(23)39-35(47)43-53(50,51)31-22-11-9-18-29(31)41-33(45)37-25-15-6-3-7-16-25/h2-22H,1H3,(H2,36,40,44)(H2,37,41,45)(H2,38,42,46)(H2,39,43,47). The van der Waals surface area contributed by atoms with E-state index in [1.54, 1.807) is 60.7 Å². The fourth-order valence-corrected chi connectivity index (χ4v) is 6.92. The maximum atomic E-state index is 13.2. The van der Waals surface area contributed by atoms with Crippen LogP contribution in [-0.4, -0.2) is 41.0 Å². The summed E-state index contributed by atoms with van der Waals surface area (Å²) in [5.74, 6) is 0. The van der Waals surface area contributed by atoms with Crippen LogP contribution in [0.4, 0.5) is 53.3 Å². The molecule has 53 heavy (non-hydrogen) atoms. The third kappa shape index (κ3) is 10.1. The average Bonchev–Trinajstić information content (AvgIpc) is 3.10. The van der Waals surface area contributed by atoms with Crippen LogP contribution in [0.25, 0.3) is 0 Å². The molecule has 8 amide bonds. The van der Waals surface area contributed by atoms with Gasteiger partial charge >= 0.3 is 24.1 Å². The van der Waals surface area contributed by atoms with Gasteiger partial charge in [0.25, 0.3) is 20.0 Å². The molecule has 0 aliphatic heterocycles. The lowest BCUT2D eigenvalue weighted by Crippen LogP contribution is -2.36. The van der Waals surface area contributed by atoms with E-state index in [0.29, 0.717) is 11.4 Å². The van der Waals surface area contributed by atoms with Crippen molar-refractivity contribution in [1.29, 1.82) is 0 Å². The van der Waals surface area contributed by atoms with Crippen molar-refractivity contribution < 1.29 is 36.0 Å². The molecule has 0 heterocycles. The molecule has 16 nitrogen and oxygen atoms in total. The molecule has 272 valence electrons. The number of urea groups is 4. The zero-order valence-corrected chi connectivity index (χ0v) is 29.3. The highest BCUT2D eigenvalue weighted by Crippen LogP contribution is 2.26. The second kappa shape index (κ2) is 16.4. The van der Waals surface area contributed by atoms with Gasteiger partial charge in [-0.05, 0) is 73.2 Å². The topological polar surface area (TPSA) is 233 Å². The van der Waals surface area contributed by atoms with Gasteiger partial charge in [-0.1, -0.05) is 66.7 Å².